The SMILES string of the molecule is COc1ccc2nccc(/C=C/C(=O)N(Cc3ccccc3)CC3CN(c4ccc5c(c4)OCCO5)C(=O)O3)c2n1. The predicted octanol–water partition coefficient (Wildman–Crippen LogP) is 4.48. The van der Waals surface area contributed by atoms with Crippen molar-refractivity contribution in [1.82, 2.24) is 14.9 Å². The zero-order valence-electron chi connectivity index (χ0n) is 22.4. The number of amides is 2. The van der Waals surface area contributed by atoms with Crippen molar-refractivity contribution in [3.05, 3.63) is 90.1 Å². The van der Waals surface area contributed by atoms with Crippen LogP contribution in [0, 0.1) is 0 Å². The minimum Gasteiger partial charge on any atom is -0.486 e. The van der Waals surface area contributed by atoms with Crippen LogP contribution in [0.15, 0.2) is 79.0 Å². The van der Waals surface area contributed by atoms with E-state index in [1.807, 2.05) is 36.4 Å². The zero-order chi connectivity index (χ0) is 28.2. The molecule has 208 valence electrons. The van der Waals surface area contributed by atoms with E-state index >= 15 is 0 Å². The average molecular weight is 553 g/mol. The molecular formula is C31H28N4O6. The van der Waals surface area contributed by atoms with Crippen LogP contribution in [0.5, 0.6) is 17.4 Å². The molecule has 1 atom stereocenters. The summed E-state index contributed by atoms with van der Waals surface area (Å²) >= 11 is 0. The van der Waals surface area contributed by atoms with Gasteiger partial charge in [-0.15, -0.1) is 0 Å². The summed E-state index contributed by atoms with van der Waals surface area (Å²) in [5.74, 6) is 1.47. The van der Waals surface area contributed by atoms with E-state index < -0.39 is 12.2 Å². The lowest BCUT2D eigenvalue weighted by Gasteiger charge is -2.24. The number of hydrogen-bond donors (Lipinski definition) is 0. The molecule has 0 saturated carbocycles. The van der Waals surface area contributed by atoms with Gasteiger partial charge in [-0.1, -0.05) is 30.3 Å². The minimum absolute atomic E-state index is 0.216. The Hall–Kier alpha value is -5.12. The molecule has 1 fully saturated rings. The number of benzene rings is 2. The Morgan fingerprint density at radius 2 is 1.90 bits per heavy atom. The quantitative estimate of drug-likeness (QED) is 0.295. The van der Waals surface area contributed by atoms with Gasteiger partial charge in [0.1, 0.15) is 19.3 Å². The Balaban J connectivity index is 1.21. The fraction of sp³-hybridized carbons (Fsp3) is 0.226. The number of methoxy groups -OCH3 is 1. The van der Waals surface area contributed by atoms with Gasteiger partial charge in [-0.05, 0) is 35.9 Å². The van der Waals surface area contributed by atoms with Gasteiger partial charge in [0.25, 0.3) is 0 Å². The van der Waals surface area contributed by atoms with E-state index in [0.29, 0.717) is 60.4 Å². The van der Waals surface area contributed by atoms with Gasteiger partial charge >= 0.3 is 6.09 Å². The maximum atomic E-state index is 13.6. The number of aromatic nitrogens is 2. The number of rotatable bonds is 8. The van der Waals surface area contributed by atoms with Gasteiger partial charge in [-0.2, -0.15) is 0 Å². The van der Waals surface area contributed by atoms with Crippen molar-refractivity contribution >= 4 is 34.8 Å². The van der Waals surface area contributed by atoms with Crippen LogP contribution in [0.1, 0.15) is 11.1 Å². The van der Waals surface area contributed by atoms with Crippen molar-refractivity contribution in [3.63, 3.8) is 0 Å². The summed E-state index contributed by atoms with van der Waals surface area (Å²) in [6, 6.07) is 20.4. The topological polar surface area (TPSA) is 103 Å². The number of nitrogens with zero attached hydrogens (tertiary/aromatic N) is 4. The Morgan fingerprint density at radius 3 is 2.73 bits per heavy atom. The molecule has 0 bridgehead atoms. The molecule has 10 heteroatoms. The number of hydrogen-bond acceptors (Lipinski definition) is 8. The Bertz CT molecular complexity index is 1610. The highest BCUT2D eigenvalue weighted by Gasteiger charge is 2.35. The van der Waals surface area contributed by atoms with Crippen molar-refractivity contribution in [2.45, 2.75) is 12.6 Å². The van der Waals surface area contributed by atoms with Crippen LogP contribution in [-0.4, -0.2) is 66.4 Å². The molecule has 1 saturated heterocycles. The van der Waals surface area contributed by atoms with E-state index in [4.69, 9.17) is 18.9 Å². The molecule has 6 rings (SSSR count). The van der Waals surface area contributed by atoms with Crippen molar-refractivity contribution in [2.24, 2.45) is 0 Å². The van der Waals surface area contributed by atoms with Crippen molar-refractivity contribution < 1.29 is 28.5 Å². The molecule has 0 spiro atoms. The maximum absolute atomic E-state index is 13.6. The molecule has 2 aliphatic rings. The number of carbonyl (C=O) groups excluding carboxylic acids is 2. The van der Waals surface area contributed by atoms with Crippen LogP contribution in [0.4, 0.5) is 10.5 Å². The molecule has 2 amide bonds. The molecule has 0 N–H and O–H groups in total. The van der Waals surface area contributed by atoms with Gasteiger partial charge in [0.05, 0.1) is 36.9 Å². The van der Waals surface area contributed by atoms with Crippen LogP contribution in [0.25, 0.3) is 17.1 Å². The predicted molar refractivity (Wildman–Crippen MR) is 152 cm³/mol. The van der Waals surface area contributed by atoms with Crippen LogP contribution in [0.3, 0.4) is 0 Å². The highest BCUT2D eigenvalue weighted by Crippen LogP contribution is 2.35. The van der Waals surface area contributed by atoms with E-state index in [1.54, 1.807) is 59.5 Å². The van der Waals surface area contributed by atoms with Crippen molar-refractivity contribution in [2.75, 3.05) is 38.3 Å². The molecule has 0 radical (unpaired) electrons. The first-order chi connectivity index (χ1) is 20.1. The highest BCUT2D eigenvalue weighted by atomic mass is 16.6. The summed E-state index contributed by atoms with van der Waals surface area (Å²) in [7, 11) is 1.55. The first-order valence-electron chi connectivity index (χ1n) is 13.3. The summed E-state index contributed by atoms with van der Waals surface area (Å²) in [5.41, 5.74) is 3.67. The second-order valence-corrected chi connectivity index (χ2v) is 9.60. The molecule has 10 nitrogen and oxygen atoms in total. The fourth-order valence-electron chi connectivity index (χ4n) is 4.85. The van der Waals surface area contributed by atoms with Crippen LogP contribution < -0.4 is 19.1 Å². The van der Waals surface area contributed by atoms with E-state index in [-0.39, 0.29) is 12.5 Å². The fourth-order valence-corrected chi connectivity index (χ4v) is 4.85. The van der Waals surface area contributed by atoms with Gasteiger partial charge < -0.3 is 23.8 Å². The highest BCUT2D eigenvalue weighted by molar-refractivity contribution is 5.95. The second-order valence-electron chi connectivity index (χ2n) is 9.60. The van der Waals surface area contributed by atoms with E-state index in [9.17, 15) is 9.59 Å². The number of anilines is 1. The summed E-state index contributed by atoms with van der Waals surface area (Å²) < 4.78 is 22.2. The first-order valence-corrected chi connectivity index (χ1v) is 13.3. The molecule has 1 unspecified atom stereocenters. The third-order valence-electron chi connectivity index (χ3n) is 6.87. The minimum atomic E-state index is -0.524. The molecule has 2 aromatic carbocycles. The van der Waals surface area contributed by atoms with Gasteiger partial charge in [-0.25, -0.2) is 9.78 Å². The third-order valence-corrected chi connectivity index (χ3v) is 6.87. The number of pyridine rings is 2. The number of carbonyl (C=O) groups is 2. The number of ether oxygens (including phenoxy) is 4. The zero-order valence-corrected chi connectivity index (χ0v) is 22.4. The molecule has 2 aromatic heterocycles. The Morgan fingerprint density at radius 1 is 1.07 bits per heavy atom. The van der Waals surface area contributed by atoms with Crippen LogP contribution in [-0.2, 0) is 16.1 Å². The van der Waals surface area contributed by atoms with Gasteiger partial charge in [0.15, 0.2) is 11.5 Å². The smallest absolute Gasteiger partial charge is 0.414 e. The van der Waals surface area contributed by atoms with Crippen LogP contribution in [0.2, 0.25) is 0 Å². The normalized spacial score (nSPS) is 16.2. The van der Waals surface area contributed by atoms with E-state index in [2.05, 4.69) is 9.97 Å². The Kier molecular flexibility index (Phi) is 7.36. The van der Waals surface area contributed by atoms with E-state index in [1.165, 1.54) is 6.08 Å². The lowest BCUT2D eigenvalue weighted by Crippen LogP contribution is -2.38. The first kappa shape index (κ1) is 26.1. The van der Waals surface area contributed by atoms with Gasteiger partial charge in [0.2, 0.25) is 11.8 Å². The van der Waals surface area contributed by atoms with Crippen molar-refractivity contribution in [3.8, 4) is 17.4 Å². The Labute approximate surface area is 236 Å². The third kappa shape index (κ3) is 5.76. The number of fused-ring (bicyclic) bond motifs is 2. The summed E-state index contributed by atoms with van der Waals surface area (Å²) in [6.07, 6.45) is 3.90. The molecule has 4 heterocycles. The van der Waals surface area contributed by atoms with Gasteiger partial charge in [0, 0.05) is 36.5 Å². The average Bonchev–Trinajstić information content (AvgIpc) is 3.39. The lowest BCUT2D eigenvalue weighted by atomic mass is 10.1. The molecule has 2 aliphatic heterocycles. The standard InChI is InChI=1S/C31H28N4O6/c1-38-28-11-9-25-30(33-28)22(13-14-32-25)7-12-29(36)34(18-21-5-3-2-4-6-21)19-24-20-35(31(37)41-24)23-8-10-26-27(17-23)40-16-15-39-26/h2-14,17,24H,15-16,18-20H2,1H3/b12-7+. The summed E-state index contributed by atoms with van der Waals surface area (Å²) in [4.78, 5) is 38.5. The maximum Gasteiger partial charge on any atom is 0.414 e. The summed E-state index contributed by atoms with van der Waals surface area (Å²) in [6.45, 7) is 1.80. The molecule has 0 aliphatic carbocycles. The van der Waals surface area contributed by atoms with Gasteiger partial charge in [-0.3, -0.25) is 14.7 Å². The monoisotopic (exact) mass is 552 g/mol. The molecule has 4 aromatic rings. The lowest BCUT2D eigenvalue weighted by molar-refractivity contribution is -0.127. The molecule has 41 heavy (non-hydrogen) atoms. The largest absolute Gasteiger partial charge is 0.486 e. The number of cyclic esters (lactones) is 1. The van der Waals surface area contributed by atoms with Crippen molar-refractivity contribution in [1.29, 1.82) is 0 Å². The summed E-state index contributed by atoms with van der Waals surface area (Å²) in [5, 5.41) is 0. The molecular weight excluding hydrogens is 524 g/mol. The second kappa shape index (κ2) is 11.5. The van der Waals surface area contributed by atoms with Crippen LogP contribution >= 0.6 is 0 Å². The van der Waals surface area contributed by atoms with E-state index in [0.717, 1.165) is 11.1 Å².